The van der Waals surface area contributed by atoms with Gasteiger partial charge < -0.3 is 28.4 Å². The van der Waals surface area contributed by atoms with Gasteiger partial charge in [-0.2, -0.15) is 6.67 Å². The van der Waals surface area contributed by atoms with Crippen molar-refractivity contribution in [3.05, 3.63) is 122 Å². The van der Waals surface area contributed by atoms with Crippen LogP contribution >= 0.6 is 0 Å². The largest absolute Gasteiger partial charge is 0.542 e. The van der Waals surface area contributed by atoms with E-state index in [0.717, 1.165) is 33.4 Å². The number of para-hydroxylation sites is 1. The van der Waals surface area contributed by atoms with E-state index in [2.05, 4.69) is 35.3 Å². The van der Waals surface area contributed by atoms with Crippen LogP contribution < -0.4 is 19.1 Å². The van der Waals surface area contributed by atoms with Crippen LogP contribution in [0.5, 0.6) is 28.9 Å². The van der Waals surface area contributed by atoms with Crippen molar-refractivity contribution in [1.29, 1.82) is 0 Å². The van der Waals surface area contributed by atoms with E-state index >= 15 is 0 Å². The molecule has 8 heteroatoms. The third kappa shape index (κ3) is 4.47. The van der Waals surface area contributed by atoms with Crippen LogP contribution in [0.3, 0.4) is 0 Å². The van der Waals surface area contributed by atoms with Crippen LogP contribution in [-0.4, -0.2) is 23.0 Å². The summed E-state index contributed by atoms with van der Waals surface area (Å²) in [7, 11) is 1.98. The van der Waals surface area contributed by atoms with Gasteiger partial charge in [0.15, 0.2) is 0 Å². The Hall–Kier alpha value is -4.48. The monoisotopic (exact) mass is 719 g/mol. The number of nitrogens with zero attached hydrogens (tertiary/aromatic N) is 3. The van der Waals surface area contributed by atoms with Crippen LogP contribution in [0, 0.1) is 18.8 Å². The summed E-state index contributed by atoms with van der Waals surface area (Å²) in [6.07, 6.45) is 13.9. The smallest absolute Gasteiger partial charge is 0.216 e. The second-order valence-corrected chi connectivity index (χ2v) is 9.80. The molecule has 2 aliphatic heterocycles. The van der Waals surface area contributed by atoms with Crippen LogP contribution in [0.15, 0.2) is 102 Å². The van der Waals surface area contributed by atoms with Crippen molar-refractivity contribution in [2.45, 2.75) is 12.0 Å². The SMILES string of the molecule is CN1C=CN(c2[c-]c(Oc3[c-]c(Oc4ccccn4)c4c(c3)oc3ccccc34)cc3c2OC2C=CC=CC32)[CH-]1.[Pt]. The number of rotatable bonds is 5. The van der Waals surface area contributed by atoms with E-state index in [4.69, 9.17) is 18.6 Å². The van der Waals surface area contributed by atoms with Gasteiger partial charge in [0.1, 0.15) is 11.7 Å². The average Bonchev–Trinajstić information content (AvgIpc) is 3.68. The molecule has 2 unspecified atom stereocenters. The summed E-state index contributed by atoms with van der Waals surface area (Å²) in [5.41, 5.74) is 3.20. The van der Waals surface area contributed by atoms with E-state index in [1.807, 2.05) is 90.5 Å². The Kier molecular flexibility index (Phi) is 6.32. The zero-order valence-electron chi connectivity index (χ0n) is 21.8. The fraction of sp³-hybridized carbons (Fsp3) is 0.0909. The van der Waals surface area contributed by atoms with Gasteiger partial charge >= 0.3 is 0 Å². The molecule has 2 atom stereocenters. The van der Waals surface area contributed by atoms with Gasteiger partial charge in [-0.3, -0.25) is 0 Å². The van der Waals surface area contributed by atoms with Crippen LogP contribution in [0.4, 0.5) is 5.69 Å². The van der Waals surface area contributed by atoms with Gasteiger partial charge in [0.05, 0.1) is 0 Å². The topological polar surface area (TPSA) is 60.2 Å². The van der Waals surface area contributed by atoms with Crippen LogP contribution in [-0.2, 0) is 21.1 Å². The van der Waals surface area contributed by atoms with Crippen LogP contribution in [0.1, 0.15) is 11.5 Å². The summed E-state index contributed by atoms with van der Waals surface area (Å²) in [6.45, 7) is 1.97. The first-order chi connectivity index (χ1) is 19.7. The molecular formula is C33H22N3O4Pt-3. The minimum absolute atomic E-state index is 0. The number of ether oxygens (including phenoxy) is 3. The molecular weight excluding hydrogens is 697 g/mol. The number of hydrogen-bond donors (Lipinski definition) is 0. The summed E-state index contributed by atoms with van der Waals surface area (Å²) < 4.78 is 25.2. The first-order valence-electron chi connectivity index (χ1n) is 13.0. The van der Waals surface area contributed by atoms with E-state index < -0.39 is 0 Å². The molecule has 0 saturated carbocycles. The Morgan fingerprint density at radius 1 is 0.927 bits per heavy atom. The van der Waals surface area contributed by atoms with E-state index in [-0.39, 0.29) is 33.1 Å². The number of pyridine rings is 1. The van der Waals surface area contributed by atoms with Crippen molar-refractivity contribution in [2.75, 3.05) is 11.9 Å². The Bertz CT molecular complexity index is 1860. The fourth-order valence-corrected chi connectivity index (χ4v) is 5.35. The molecule has 7 nitrogen and oxygen atoms in total. The Balaban J connectivity index is 0.00000276. The number of benzene rings is 3. The van der Waals surface area contributed by atoms with E-state index in [1.165, 1.54) is 0 Å². The minimum atomic E-state index is -0.0662. The molecule has 0 radical (unpaired) electrons. The fourth-order valence-electron chi connectivity index (χ4n) is 5.35. The first-order valence-corrected chi connectivity index (χ1v) is 13.0. The van der Waals surface area contributed by atoms with Gasteiger partial charge in [0, 0.05) is 67.8 Å². The Morgan fingerprint density at radius 2 is 1.78 bits per heavy atom. The molecule has 3 aromatic carbocycles. The molecule has 0 spiro atoms. The number of fused-ring (bicyclic) bond motifs is 6. The maximum absolute atomic E-state index is 6.45. The van der Waals surface area contributed by atoms with Gasteiger partial charge in [-0.05, 0) is 48.4 Å². The molecule has 0 amide bonds. The van der Waals surface area contributed by atoms with Gasteiger partial charge in [0.25, 0.3) is 0 Å². The molecule has 0 N–H and O–H groups in total. The number of aromatic nitrogens is 1. The third-order valence-corrected chi connectivity index (χ3v) is 7.14. The van der Waals surface area contributed by atoms with Crippen molar-refractivity contribution in [3.63, 3.8) is 0 Å². The van der Waals surface area contributed by atoms with Gasteiger partial charge in [-0.1, -0.05) is 60.3 Å². The number of allylic oxidation sites excluding steroid dienone is 2. The first kappa shape index (κ1) is 25.5. The molecule has 0 saturated heterocycles. The summed E-state index contributed by atoms with van der Waals surface area (Å²) in [5, 5.41) is 1.74. The molecule has 0 bridgehead atoms. The van der Waals surface area contributed by atoms with E-state index in [1.54, 1.807) is 12.3 Å². The van der Waals surface area contributed by atoms with Gasteiger partial charge in [-0.25, -0.2) is 4.98 Å². The maximum Gasteiger partial charge on any atom is 0.216 e. The molecule has 3 aliphatic rings. The predicted octanol–water partition coefficient (Wildman–Crippen LogP) is 7.48. The summed E-state index contributed by atoms with van der Waals surface area (Å²) in [6, 6.07) is 23.9. The zero-order chi connectivity index (χ0) is 26.6. The van der Waals surface area contributed by atoms with Crippen molar-refractivity contribution >= 4 is 27.6 Å². The standard InChI is InChI=1S/C33H22N3O4.Pt/c1-35-14-15-36(20-35)26-17-21(16-25-23-8-2-4-10-27(23)40-33(25)26)37-22-18-29-32(24-9-3-5-11-28(24)38-29)30(19-22)39-31-12-6-7-13-34-31;/h2-16,18,20,23,27H,1H3;/q-3;. The summed E-state index contributed by atoms with van der Waals surface area (Å²) in [4.78, 5) is 8.29. The second kappa shape index (κ2) is 10.2. The molecule has 1 aliphatic carbocycles. The molecule has 41 heavy (non-hydrogen) atoms. The Morgan fingerprint density at radius 3 is 2.63 bits per heavy atom. The number of hydrogen-bond acceptors (Lipinski definition) is 7. The summed E-state index contributed by atoms with van der Waals surface area (Å²) in [5.74, 6) is 2.78. The van der Waals surface area contributed by atoms with Crippen molar-refractivity contribution in [1.82, 2.24) is 9.88 Å². The van der Waals surface area contributed by atoms with Crippen LogP contribution in [0.25, 0.3) is 21.9 Å². The molecule has 206 valence electrons. The van der Waals surface area contributed by atoms with E-state index in [9.17, 15) is 0 Å². The normalized spacial score (nSPS) is 18.4. The van der Waals surface area contributed by atoms with Crippen molar-refractivity contribution in [2.24, 2.45) is 0 Å². The zero-order valence-corrected chi connectivity index (χ0v) is 24.0. The molecule has 4 heterocycles. The summed E-state index contributed by atoms with van der Waals surface area (Å²) >= 11 is 0. The minimum Gasteiger partial charge on any atom is -0.542 e. The van der Waals surface area contributed by atoms with Crippen LogP contribution in [0.2, 0.25) is 0 Å². The average molecular weight is 720 g/mol. The quantitative estimate of drug-likeness (QED) is 0.175. The van der Waals surface area contributed by atoms with E-state index in [0.29, 0.717) is 28.7 Å². The Labute approximate surface area is 251 Å². The molecule has 5 aromatic rings. The third-order valence-electron chi connectivity index (χ3n) is 7.14. The molecule has 0 fully saturated rings. The maximum atomic E-state index is 6.45. The van der Waals surface area contributed by atoms with Crippen molar-refractivity contribution in [3.8, 4) is 28.9 Å². The van der Waals surface area contributed by atoms with Gasteiger partial charge in [0.2, 0.25) is 5.88 Å². The number of anilines is 1. The number of furan rings is 1. The van der Waals surface area contributed by atoms with Gasteiger partial charge in [-0.15, -0.1) is 17.7 Å². The predicted molar refractivity (Wildman–Crippen MR) is 151 cm³/mol. The van der Waals surface area contributed by atoms with Crippen molar-refractivity contribution < 1.29 is 39.7 Å². The molecule has 8 rings (SSSR count). The second-order valence-electron chi connectivity index (χ2n) is 9.80. The molecule has 2 aromatic heterocycles.